The van der Waals surface area contributed by atoms with Crippen LogP contribution in [-0.2, 0) is 12.4 Å². The van der Waals surface area contributed by atoms with Crippen molar-refractivity contribution < 1.29 is 40.2 Å². The van der Waals surface area contributed by atoms with Crippen molar-refractivity contribution >= 4 is 17.5 Å². The van der Waals surface area contributed by atoms with Crippen LogP contribution in [0.2, 0.25) is 0 Å². The highest BCUT2D eigenvalue weighted by Crippen LogP contribution is 2.44. The fourth-order valence-electron chi connectivity index (χ4n) is 3.06. The van der Waals surface area contributed by atoms with Gasteiger partial charge in [-0.3, -0.25) is 0 Å². The van der Waals surface area contributed by atoms with Crippen molar-refractivity contribution in [3.05, 3.63) is 53.3 Å². The highest BCUT2D eigenvalue weighted by atomic mass is 19.4. The molecule has 1 aliphatic rings. The largest absolute Gasteiger partial charge is 0.454 e. The molecule has 32 heavy (non-hydrogen) atoms. The number of alkyl halides is 6. The van der Waals surface area contributed by atoms with E-state index in [2.05, 4.69) is 9.97 Å². The molecule has 13 heteroatoms. The van der Waals surface area contributed by atoms with E-state index in [-0.39, 0.29) is 18.1 Å². The maximum atomic E-state index is 14.4. The molecular weight excluding hydrogens is 449 g/mol. The van der Waals surface area contributed by atoms with Gasteiger partial charge >= 0.3 is 12.4 Å². The minimum atomic E-state index is -5.08. The third-order valence-electron chi connectivity index (χ3n) is 4.41. The Morgan fingerprint density at radius 1 is 0.906 bits per heavy atom. The van der Waals surface area contributed by atoms with Crippen LogP contribution < -0.4 is 20.5 Å². The van der Waals surface area contributed by atoms with Crippen LogP contribution in [0, 0.1) is 5.82 Å². The van der Waals surface area contributed by atoms with Crippen LogP contribution in [0.5, 0.6) is 11.5 Å². The van der Waals surface area contributed by atoms with Crippen LogP contribution in [0.25, 0.3) is 11.3 Å². The van der Waals surface area contributed by atoms with E-state index in [0.717, 1.165) is 12.1 Å². The molecule has 0 spiro atoms. The summed E-state index contributed by atoms with van der Waals surface area (Å²) in [4.78, 5) is 7.11. The second-order valence-electron chi connectivity index (χ2n) is 6.51. The van der Waals surface area contributed by atoms with Crippen LogP contribution in [0.15, 0.2) is 36.4 Å². The van der Waals surface area contributed by atoms with Crippen molar-refractivity contribution in [1.29, 1.82) is 0 Å². The van der Waals surface area contributed by atoms with Crippen molar-refractivity contribution in [2.75, 3.05) is 17.8 Å². The number of nitrogens with two attached hydrogens (primary N) is 1. The van der Waals surface area contributed by atoms with Crippen LogP contribution in [-0.4, -0.2) is 16.8 Å². The zero-order valence-electron chi connectivity index (χ0n) is 15.6. The average Bonchev–Trinajstić information content (AvgIpc) is 3.15. The quantitative estimate of drug-likeness (QED) is 0.511. The Bertz CT molecular complexity index is 1200. The smallest absolute Gasteiger partial charge is 0.422 e. The zero-order valence-corrected chi connectivity index (χ0v) is 15.6. The van der Waals surface area contributed by atoms with Gasteiger partial charge in [-0.2, -0.15) is 31.3 Å². The summed E-state index contributed by atoms with van der Waals surface area (Å²) in [6.07, 6.45) is -10.1. The van der Waals surface area contributed by atoms with E-state index in [0.29, 0.717) is 11.8 Å². The normalized spacial score (nSPS) is 13.3. The summed E-state index contributed by atoms with van der Waals surface area (Å²) in [5.41, 5.74) is 0.801. The summed E-state index contributed by atoms with van der Waals surface area (Å²) in [5.74, 6) is -2.98. The molecule has 3 N–H and O–H groups in total. The number of anilines is 3. The lowest BCUT2D eigenvalue weighted by atomic mass is 10.0. The fourth-order valence-corrected chi connectivity index (χ4v) is 3.06. The van der Waals surface area contributed by atoms with Crippen molar-refractivity contribution in [2.24, 2.45) is 0 Å². The summed E-state index contributed by atoms with van der Waals surface area (Å²) >= 11 is 0. The number of benzene rings is 2. The van der Waals surface area contributed by atoms with Gasteiger partial charge < -0.3 is 20.5 Å². The zero-order chi connectivity index (χ0) is 23.3. The molecule has 2 aromatic carbocycles. The highest BCUT2D eigenvalue weighted by Gasteiger charge is 2.40. The third kappa shape index (κ3) is 3.92. The Labute approximate surface area is 174 Å². The predicted octanol–water partition coefficient (Wildman–Crippen LogP) is 5.37. The number of rotatable bonds is 3. The molecule has 0 saturated heterocycles. The molecule has 0 fully saturated rings. The first-order valence-electron chi connectivity index (χ1n) is 8.72. The molecule has 1 aromatic heterocycles. The molecule has 1 aliphatic heterocycles. The number of ether oxygens (including phenoxy) is 2. The molecule has 0 radical (unpaired) electrons. The van der Waals surface area contributed by atoms with Crippen LogP contribution >= 0.6 is 0 Å². The number of hydrogen-bond donors (Lipinski definition) is 2. The van der Waals surface area contributed by atoms with Crippen LogP contribution in [0.3, 0.4) is 0 Å². The number of nitrogens with one attached hydrogen (secondary N) is 1. The Hall–Kier alpha value is -3.77. The molecule has 168 valence electrons. The van der Waals surface area contributed by atoms with E-state index in [1.807, 2.05) is 5.32 Å². The second kappa shape index (κ2) is 7.43. The molecule has 0 aliphatic carbocycles. The van der Waals surface area contributed by atoms with Gasteiger partial charge in [0.1, 0.15) is 11.4 Å². The SMILES string of the molecule is Nc1nc(Nc2cccc(C(F)(F)F)c2F)c(C(F)(F)F)c(-c2ccc3c(c2)OCO3)n1. The number of hydrogen-bond acceptors (Lipinski definition) is 6. The molecule has 4 rings (SSSR count). The lowest BCUT2D eigenvalue weighted by Crippen LogP contribution is -2.16. The maximum absolute atomic E-state index is 14.4. The molecular formula is C19H11F7N4O2. The monoisotopic (exact) mass is 460 g/mol. The van der Waals surface area contributed by atoms with Crippen molar-refractivity contribution in [1.82, 2.24) is 9.97 Å². The van der Waals surface area contributed by atoms with Gasteiger partial charge in [0.05, 0.1) is 16.9 Å². The molecule has 0 saturated carbocycles. The standard InChI is InChI=1S/C19H11F7N4O2/c20-14-9(18(21,22)23)2-1-3-10(14)28-16-13(19(24,25)26)15(29-17(27)30-16)8-4-5-11-12(6-8)32-7-31-11/h1-6H,7H2,(H3,27,28,29,30). The van der Waals surface area contributed by atoms with Gasteiger partial charge in [0.15, 0.2) is 17.3 Å². The predicted molar refractivity (Wildman–Crippen MR) is 97.7 cm³/mol. The molecule has 0 amide bonds. The molecule has 3 aromatic rings. The lowest BCUT2D eigenvalue weighted by molar-refractivity contribution is -0.140. The Morgan fingerprint density at radius 3 is 2.31 bits per heavy atom. The van der Waals surface area contributed by atoms with Crippen LogP contribution in [0.1, 0.15) is 11.1 Å². The van der Waals surface area contributed by atoms with Gasteiger partial charge in [-0.15, -0.1) is 0 Å². The van der Waals surface area contributed by atoms with E-state index in [4.69, 9.17) is 15.2 Å². The van der Waals surface area contributed by atoms with Crippen molar-refractivity contribution in [3.63, 3.8) is 0 Å². The Kier molecular flexibility index (Phi) is 4.98. The molecule has 6 nitrogen and oxygen atoms in total. The van der Waals surface area contributed by atoms with Gasteiger partial charge in [-0.25, -0.2) is 9.37 Å². The van der Waals surface area contributed by atoms with Gasteiger partial charge in [0.25, 0.3) is 0 Å². The number of aromatic nitrogens is 2. The van der Waals surface area contributed by atoms with Crippen molar-refractivity contribution in [3.8, 4) is 22.8 Å². The average molecular weight is 460 g/mol. The Balaban J connectivity index is 1.87. The minimum Gasteiger partial charge on any atom is -0.454 e. The first kappa shape index (κ1) is 21.5. The molecule has 0 atom stereocenters. The highest BCUT2D eigenvalue weighted by molar-refractivity contribution is 5.75. The topological polar surface area (TPSA) is 82.3 Å². The molecule has 0 unspecified atom stereocenters. The fraction of sp³-hybridized carbons (Fsp3) is 0.158. The maximum Gasteiger partial charge on any atom is 0.422 e. The van der Waals surface area contributed by atoms with Gasteiger partial charge in [-0.05, 0) is 30.3 Å². The number of nitrogen functional groups attached to an aromatic ring is 1. The van der Waals surface area contributed by atoms with Crippen LogP contribution in [0.4, 0.5) is 48.2 Å². The number of fused-ring (bicyclic) bond motifs is 1. The minimum absolute atomic E-state index is 0.0803. The van der Waals surface area contributed by atoms with Gasteiger partial charge in [0.2, 0.25) is 12.7 Å². The first-order chi connectivity index (χ1) is 14.9. The summed E-state index contributed by atoms with van der Waals surface area (Å²) in [6.45, 7) is -0.127. The third-order valence-corrected chi connectivity index (χ3v) is 4.41. The summed E-state index contributed by atoms with van der Waals surface area (Å²) < 4.78 is 106. The lowest BCUT2D eigenvalue weighted by Gasteiger charge is -2.19. The van der Waals surface area contributed by atoms with E-state index in [9.17, 15) is 30.7 Å². The summed E-state index contributed by atoms with van der Waals surface area (Å²) in [6, 6.07) is 5.98. The summed E-state index contributed by atoms with van der Waals surface area (Å²) in [5, 5.41) is 1.98. The Morgan fingerprint density at radius 2 is 1.62 bits per heavy atom. The summed E-state index contributed by atoms with van der Waals surface area (Å²) in [7, 11) is 0. The first-order valence-corrected chi connectivity index (χ1v) is 8.72. The van der Waals surface area contributed by atoms with E-state index >= 15 is 0 Å². The van der Waals surface area contributed by atoms with E-state index < -0.39 is 52.4 Å². The van der Waals surface area contributed by atoms with E-state index in [1.165, 1.54) is 18.2 Å². The van der Waals surface area contributed by atoms with Crippen molar-refractivity contribution in [2.45, 2.75) is 12.4 Å². The molecule has 0 bridgehead atoms. The molecule has 2 heterocycles. The van der Waals surface area contributed by atoms with Gasteiger partial charge in [-0.1, -0.05) is 6.07 Å². The van der Waals surface area contributed by atoms with Gasteiger partial charge in [0, 0.05) is 5.56 Å². The number of halogens is 7. The number of nitrogens with zero attached hydrogens (tertiary/aromatic N) is 2. The second-order valence-corrected chi connectivity index (χ2v) is 6.51. The van der Waals surface area contributed by atoms with E-state index in [1.54, 1.807) is 0 Å².